The largest absolute Gasteiger partial charge is 0.301 e. The van der Waals surface area contributed by atoms with Gasteiger partial charge in [0.25, 0.3) is 0 Å². The molecule has 0 heterocycles. The maximum atomic E-state index is 8.16. The van der Waals surface area contributed by atoms with Crippen molar-refractivity contribution in [2.24, 2.45) is 0 Å². The van der Waals surface area contributed by atoms with Crippen molar-refractivity contribution in [3.8, 4) is 22.3 Å². The molecule has 0 bridgehead atoms. The third-order valence-corrected chi connectivity index (χ3v) is 6.77. The highest BCUT2D eigenvalue weighted by atomic mass is 15.1. The smallest absolute Gasteiger partial charge is 0.0908 e. The van der Waals surface area contributed by atoms with Crippen LogP contribution in [0.5, 0.6) is 0 Å². The summed E-state index contributed by atoms with van der Waals surface area (Å²) in [5.41, 5.74) is 9.59. The van der Waals surface area contributed by atoms with Gasteiger partial charge in [-0.2, -0.15) is 0 Å². The summed E-state index contributed by atoms with van der Waals surface area (Å²) in [5, 5.41) is 13.2. The molecular weight excluding hydrogens is 388 g/mol. The van der Waals surface area contributed by atoms with E-state index in [9.17, 15) is 0 Å². The van der Waals surface area contributed by atoms with Crippen molar-refractivity contribution in [1.29, 1.82) is 5.41 Å². The van der Waals surface area contributed by atoms with Crippen molar-refractivity contribution in [1.82, 2.24) is 0 Å². The molecular formula is C30H24N2. The molecule has 2 heteroatoms. The number of hydrogen-bond acceptors (Lipinski definition) is 1. The summed E-state index contributed by atoms with van der Waals surface area (Å²) in [6, 6.07) is 24.3. The highest BCUT2D eigenvalue weighted by Crippen LogP contribution is 2.48. The van der Waals surface area contributed by atoms with Crippen LogP contribution in [0.3, 0.4) is 0 Å². The minimum atomic E-state index is 0.967. The van der Waals surface area contributed by atoms with E-state index >= 15 is 0 Å². The van der Waals surface area contributed by atoms with Gasteiger partial charge in [-0.05, 0) is 99.5 Å². The second kappa shape index (κ2) is 7.06. The summed E-state index contributed by atoms with van der Waals surface area (Å²) in [5.74, 6) is 0. The van der Waals surface area contributed by atoms with Gasteiger partial charge in [-0.25, -0.2) is 0 Å². The summed E-state index contributed by atoms with van der Waals surface area (Å²) in [7, 11) is 0. The molecule has 0 saturated carbocycles. The average Bonchev–Trinajstić information content (AvgIpc) is 3.13. The lowest BCUT2D eigenvalue weighted by molar-refractivity contribution is 0.938. The molecule has 4 aromatic carbocycles. The summed E-state index contributed by atoms with van der Waals surface area (Å²) >= 11 is 0. The van der Waals surface area contributed by atoms with Crippen molar-refractivity contribution in [3.05, 3.63) is 102 Å². The zero-order valence-corrected chi connectivity index (χ0v) is 18.2. The van der Waals surface area contributed by atoms with Gasteiger partial charge in [0.1, 0.15) is 0 Å². The highest BCUT2D eigenvalue weighted by molar-refractivity contribution is 6.17. The van der Waals surface area contributed by atoms with Crippen molar-refractivity contribution in [3.63, 3.8) is 0 Å². The van der Waals surface area contributed by atoms with Crippen molar-refractivity contribution < 1.29 is 0 Å². The van der Waals surface area contributed by atoms with E-state index in [-0.39, 0.29) is 0 Å². The van der Waals surface area contributed by atoms with Gasteiger partial charge in [-0.1, -0.05) is 60.7 Å². The predicted octanol–water partition coefficient (Wildman–Crippen LogP) is 8.23. The highest BCUT2D eigenvalue weighted by Gasteiger charge is 2.22. The molecule has 0 fully saturated rings. The number of anilines is 1. The predicted molar refractivity (Wildman–Crippen MR) is 137 cm³/mol. The molecule has 1 N–H and O–H groups in total. The Morgan fingerprint density at radius 1 is 0.875 bits per heavy atom. The standard InChI is InChI=1S/C30H24N2/c1-19(2)24-9-3-4-12-29(24)32(18-31)23-14-13-21-16-27-25-10-5-7-20-8-6-11-26(30(20)25)28(27)17-22(21)15-23/h4-8,10-18,31H,1,3,9H2,2H3. The summed E-state index contributed by atoms with van der Waals surface area (Å²) < 4.78 is 0. The Balaban J connectivity index is 1.53. The number of rotatable bonds is 4. The molecule has 154 valence electrons. The fourth-order valence-corrected chi connectivity index (χ4v) is 5.26. The molecule has 4 aromatic rings. The minimum absolute atomic E-state index is 0.967. The van der Waals surface area contributed by atoms with E-state index in [1.54, 1.807) is 0 Å². The number of allylic oxidation sites excluding steroid dienone is 4. The molecule has 2 nitrogen and oxygen atoms in total. The zero-order chi connectivity index (χ0) is 21.8. The lowest BCUT2D eigenvalue weighted by Gasteiger charge is -2.26. The van der Waals surface area contributed by atoms with Gasteiger partial charge in [0, 0.05) is 5.69 Å². The maximum absolute atomic E-state index is 8.16. The van der Waals surface area contributed by atoms with Crippen LogP contribution in [0.25, 0.3) is 43.8 Å². The average molecular weight is 413 g/mol. The molecule has 2 aliphatic rings. The molecule has 0 saturated heterocycles. The van der Waals surface area contributed by atoms with Crippen molar-refractivity contribution in [2.45, 2.75) is 19.8 Å². The lowest BCUT2D eigenvalue weighted by Crippen LogP contribution is -2.22. The van der Waals surface area contributed by atoms with Gasteiger partial charge >= 0.3 is 0 Å². The maximum Gasteiger partial charge on any atom is 0.0908 e. The van der Waals surface area contributed by atoms with Gasteiger partial charge in [0.15, 0.2) is 0 Å². The van der Waals surface area contributed by atoms with Crippen LogP contribution < -0.4 is 4.90 Å². The van der Waals surface area contributed by atoms with Gasteiger partial charge in [0.05, 0.1) is 12.0 Å². The van der Waals surface area contributed by atoms with Crippen LogP contribution in [0.1, 0.15) is 19.8 Å². The number of hydrogen-bond donors (Lipinski definition) is 1. The molecule has 0 atom stereocenters. The molecule has 0 amide bonds. The quantitative estimate of drug-likeness (QED) is 0.233. The molecule has 2 aliphatic carbocycles. The summed E-state index contributed by atoms with van der Waals surface area (Å²) in [6.07, 6.45) is 7.72. The summed E-state index contributed by atoms with van der Waals surface area (Å²) in [4.78, 5) is 1.97. The Bertz CT molecular complexity index is 1510. The Morgan fingerprint density at radius 2 is 1.59 bits per heavy atom. The van der Waals surface area contributed by atoms with Gasteiger partial charge < -0.3 is 4.90 Å². The SMILES string of the molecule is C=C(C)C1=C(N(C=N)c2ccc3cc4c(cc3c2)-c2cccc3cccc-4c23)C=CCC1. The topological polar surface area (TPSA) is 27.1 Å². The first-order valence-corrected chi connectivity index (χ1v) is 11.1. The Morgan fingerprint density at radius 3 is 2.28 bits per heavy atom. The van der Waals surface area contributed by atoms with E-state index in [1.807, 2.05) is 4.90 Å². The zero-order valence-electron chi connectivity index (χ0n) is 18.2. The first kappa shape index (κ1) is 18.8. The van der Waals surface area contributed by atoms with E-state index in [0.717, 1.165) is 29.8 Å². The van der Waals surface area contributed by atoms with Crippen LogP contribution in [-0.2, 0) is 0 Å². The van der Waals surface area contributed by atoms with Crippen LogP contribution in [0.15, 0.2) is 102 Å². The number of fused-ring (bicyclic) bond motifs is 4. The summed E-state index contributed by atoms with van der Waals surface area (Å²) in [6.45, 7) is 6.23. The molecule has 0 aliphatic heterocycles. The van der Waals surface area contributed by atoms with E-state index < -0.39 is 0 Å². The van der Waals surface area contributed by atoms with Crippen molar-refractivity contribution >= 4 is 33.6 Å². The van der Waals surface area contributed by atoms with E-state index in [2.05, 4.69) is 92.4 Å². The molecule has 32 heavy (non-hydrogen) atoms. The van der Waals surface area contributed by atoms with Crippen LogP contribution in [-0.4, -0.2) is 6.34 Å². The number of nitrogens with zero attached hydrogens (tertiary/aromatic N) is 1. The Hall–Kier alpha value is -3.91. The third-order valence-electron chi connectivity index (χ3n) is 6.77. The van der Waals surface area contributed by atoms with Crippen LogP contribution in [0, 0.1) is 5.41 Å². The monoisotopic (exact) mass is 412 g/mol. The molecule has 0 unspecified atom stereocenters. The molecule has 6 rings (SSSR count). The van der Waals surface area contributed by atoms with Gasteiger partial charge in [-0.15, -0.1) is 0 Å². The fourth-order valence-electron chi connectivity index (χ4n) is 5.26. The van der Waals surface area contributed by atoms with E-state index in [0.29, 0.717) is 0 Å². The molecule has 0 radical (unpaired) electrons. The lowest BCUT2D eigenvalue weighted by atomic mass is 9.95. The molecule has 0 spiro atoms. The second-order valence-electron chi connectivity index (χ2n) is 8.72. The van der Waals surface area contributed by atoms with Crippen molar-refractivity contribution in [2.75, 3.05) is 4.90 Å². The number of nitrogens with one attached hydrogen (secondary N) is 1. The molecule has 0 aromatic heterocycles. The van der Waals surface area contributed by atoms with Crippen LogP contribution in [0.2, 0.25) is 0 Å². The Labute approximate surface area is 188 Å². The van der Waals surface area contributed by atoms with Crippen LogP contribution >= 0.6 is 0 Å². The van der Waals surface area contributed by atoms with Gasteiger partial charge in [-0.3, -0.25) is 5.41 Å². The normalized spacial score (nSPS) is 14.2. The first-order valence-electron chi connectivity index (χ1n) is 11.1. The van der Waals surface area contributed by atoms with E-state index in [1.165, 1.54) is 55.7 Å². The Kier molecular flexibility index (Phi) is 4.16. The first-order chi connectivity index (χ1) is 15.7. The number of benzene rings is 4. The fraction of sp³-hybridized carbons (Fsp3) is 0.100. The second-order valence-corrected chi connectivity index (χ2v) is 8.72. The van der Waals surface area contributed by atoms with Crippen LogP contribution in [0.4, 0.5) is 5.69 Å². The van der Waals surface area contributed by atoms with E-state index in [4.69, 9.17) is 5.41 Å². The third kappa shape index (κ3) is 2.69. The minimum Gasteiger partial charge on any atom is -0.301 e. The van der Waals surface area contributed by atoms with Gasteiger partial charge in [0.2, 0.25) is 0 Å².